The number of halogens is 4. The van der Waals surface area contributed by atoms with Crippen molar-refractivity contribution in [2.75, 3.05) is 0 Å². The fourth-order valence-electron chi connectivity index (χ4n) is 2.88. The highest BCUT2D eigenvalue weighted by atomic mass is 35.5. The van der Waals surface area contributed by atoms with Crippen molar-refractivity contribution in [2.45, 2.75) is 25.9 Å². The van der Waals surface area contributed by atoms with Gasteiger partial charge in [0.25, 0.3) is 5.56 Å². The molecule has 0 amide bonds. The van der Waals surface area contributed by atoms with Crippen LogP contribution < -0.4 is 16.4 Å². The molecule has 0 saturated heterocycles. The Morgan fingerprint density at radius 2 is 1.76 bits per heavy atom. The van der Waals surface area contributed by atoms with Crippen molar-refractivity contribution >= 4 is 23.5 Å². The van der Waals surface area contributed by atoms with E-state index in [-0.39, 0.29) is 20.8 Å². The summed E-state index contributed by atoms with van der Waals surface area (Å²) in [7, 11) is 0.737. The number of nitrogens with zero attached hydrogens (tertiary/aromatic N) is 2. The van der Waals surface area contributed by atoms with Gasteiger partial charge in [0.1, 0.15) is 5.69 Å². The van der Waals surface area contributed by atoms with Crippen molar-refractivity contribution in [2.24, 2.45) is 7.05 Å². The SMILES string of the molecule is CC(C)c1c(Cl)c(C(=O)[O-])cc(-n2c(=O)cc(C(F)(F)F)n(C)c2=O)c1C(=O)O. The van der Waals surface area contributed by atoms with Crippen molar-refractivity contribution in [3.05, 3.63) is 60.4 Å². The predicted octanol–water partition coefficient (Wildman–Crippen LogP) is 1.39. The van der Waals surface area contributed by atoms with E-state index in [4.69, 9.17) is 11.6 Å². The minimum atomic E-state index is -5.03. The average Bonchev–Trinajstić information content (AvgIpc) is 2.56. The minimum absolute atomic E-state index is 0.107. The molecule has 0 atom stereocenters. The summed E-state index contributed by atoms with van der Waals surface area (Å²) in [6.07, 6.45) is -5.03. The number of aromatic nitrogens is 2. The van der Waals surface area contributed by atoms with Gasteiger partial charge in [0.2, 0.25) is 0 Å². The summed E-state index contributed by atoms with van der Waals surface area (Å²) < 4.78 is 39.4. The lowest BCUT2D eigenvalue weighted by Gasteiger charge is -2.21. The van der Waals surface area contributed by atoms with E-state index in [1.165, 1.54) is 13.8 Å². The van der Waals surface area contributed by atoms with E-state index >= 15 is 0 Å². The van der Waals surface area contributed by atoms with Gasteiger partial charge in [0.15, 0.2) is 0 Å². The first kappa shape index (κ1) is 22.2. The number of hydrogen-bond acceptors (Lipinski definition) is 5. The standard InChI is InChI=1S/C17H14ClF3N2O6/c1-6(2)11-12(15(27)28)8(4-7(13(11)18)14(25)26)23-10(24)5-9(17(19,20)21)22(3)16(23)29/h4-6H,1-3H3,(H,25,26)(H,27,28)/p-1. The van der Waals surface area contributed by atoms with Gasteiger partial charge in [0, 0.05) is 18.7 Å². The van der Waals surface area contributed by atoms with E-state index in [9.17, 15) is 42.6 Å². The van der Waals surface area contributed by atoms with Crippen LogP contribution in [0.2, 0.25) is 5.02 Å². The van der Waals surface area contributed by atoms with E-state index < -0.39 is 62.8 Å². The number of rotatable bonds is 4. The zero-order chi connectivity index (χ0) is 22.4. The van der Waals surface area contributed by atoms with Crippen LogP contribution in [-0.4, -0.2) is 26.2 Å². The topological polar surface area (TPSA) is 121 Å². The second kappa shape index (κ2) is 7.39. The lowest BCUT2D eigenvalue weighted by Crippen LogP contribution is -2.41. The van der Waals surface area contributed by atoms with Crippen LogP contribution in [0.25, 0.3) is 5.69 Å². The highest BCUT2D eigenvalue weighted by Gasteiger charge is 2.36. The summed E-state index contributed by atoms with van der Waals surface area (Å²) in [5.74, 6) is -4.17. The smallest absolute Gasteiger partial charge is 0.431 e. The number of carbonyl (C=O) groups excluding carboxylic acids is 1. The predicted molar refractivity (Wildman–Crippen MR) is 92.7 cm³/mol. The summed E-state index contributed by atoms with van der Waals surface area (Å²) in [5.41, 5.74) is -6.93. The Morgan fingerprint density at radius 1 is 1.21 bits per heavy atom. The van der Waals surface area contributed by atoms with Crippen LogP contribution in [0.3, 0.4) is 0 Å². The van der Waals surface area contributed by atoms with E-state index in [0.717, 1.165) is 7.05 Å². The monoisotopic (exact) mass is 433 g/mol. The number of carboxylic acids is 2. The average molecular weight is 434 g/mol. The Kier molecular flexibility index (Phi) is 5.66. The number of carbonyl (C=O) groups is 2. The second-order valence-corrected chi connectivity index (χ2v) is 6.71. The first-order valence-electron chi connectivity index (χ1n) is 7.91. The van der Waals surface area contributed by atoms with Crippen LogP contribution in [0, 0.1) is 0 Å². The van der Waals surface area contributed by atoms with Crippen LogP contribution in [0.5, 0.6) is 0 Å². The molecule has 156 valence electrons. The van der Waals surface area contributed by atoms with Gasteiger partial charge in [-0.15, -0.1) is 0 Å². The molecule has 2 rings (SSSR count). The van der Waals surface area contributed by atoms with Crippen molar-refractivity contribution < 1.29 is 33.0 Å². The summed E-state index contributed by atoms with van der Waals surface area (Å²) in [4.78, 5) is 48.1. The molecule has 0 aliphatic carbocycles. The summed E-state index contributed by atoms with van der Waals surface area (Å²) in [5, 5.41) is 20.6. The highest BCUT2D eigenvalue weighted by Crippen LogP contribution is 2.35. The Bertz CT molecular complexity index is 1150. The van der Waals surface area contributed by atoms with E-state index in [1.807, 2.05) is 0 Å². The van der Waals surface area contributed by atoms with Gasteiger partial charge in [-0.1, -0.05) is 25.4 Å². The van der Waals surface area contributed by atoms with Crippen molar-refractivity contribution in [1.29, 1.82) is 0 Å². The summed E-state index contributed by atoms with van der Waals surface area (Å²) in [6, 6.07) is 0.721. The van der Waals surface area contributed by atoms with Gasteiger partial charge >= 0.3 is 17.8 Å². The zero-order valence-electron chi connectivity index (χ0n) is 15.1. The van der Waals surface area contributed by atoms with E-state index in [0.29, 0.717) is 6.07 Å². The first-order chi connectivity index (χ1) is 13.2. The molecule has 0 spiro atoms. The van der Waals surface area contributed by atoms with Crippen LogP contribution in [0.1, 0.15) is 51.7 Å². The van der Waals surface area contributed by atoms with Gasteiger partial charge in [-0.05, 0) is 17.5 Å². The maximum Gasteiger partial charge on any atom is 0.431 e. The van der Waals surface area contributed by atoms with Crippen molar-refractivity contribution in [3.8, 4) is 5.69 Å². The molecule has 0 fully saturated rings. The molecule has 8 nitrogen and oxygen atoms in total. The second-order valence-electron chi connectivity index (χ2n) is 6.34. The molecule has 0 bridgehead atoms. The molecule has 1 N–H and O–H groups in total. The van der Waals surface area contributed by atoms with Crippen molar-refractivity contribution in [1.82, 2.24) is 9.13 Å². The third-order valence-electron chi connectivity index (χ3n) is 4.14. The van der Waals surface area contributed by atoms with Crippen LogP contribution in [0.15, 0.2) is 21.7 Å². The number of benzene rings is 1. The van der Waals surface area contributed by atoms with Crippen LogP contribution in [0.4, 0.5) is 13.2 Å². The van der Waals surface area contributed by atoms with E-state index in [1.54, 1.807) is 0 Å². The largest absolute Gasteiger partial charge is 0.545 e. The Balaban J connectivity index is 3.13. The van der Waals surface area contributed by atoms with Gasteiger partial charge in [-0.2, -0.15) is 13.2 Å². The lowest BCUT2D eigenvalue weighted by molar-refractivity contribution is -0.255. The molecular formula is C17H13ClF3N2O6-. The molecule has 1 heterocycles. The molecule has 0 aliphatic heterocycles. The quantitative estimate of drug-likeness (QED) is 0.777. The molecule has 0 aliphatic rings. The molecule has 2 aromatic rings. The maximum atomic E-state index is 13.0. The van der Waals surface area contributed by atoms with Crippen LogP contribution in [-0.2, 0) is 13.2 Å². The molecule has 29 heavy (non-hydrogen) atoms. The molecular weight excluding hydrogens is 421 g/mol. The number of carboxylic acid groups (broad SMARTS) is 2. The number of alkyl halides is 3. The first-order valence-corrected chi connectivity index (χ1v) is 8.29. The van der Waals surface area contributed by atoms with Crippen molar-refractivity contribution in [3.63, 3.8) is 0 Å². The molecule has 12 heteroatoms. The van der Waals surface area contributed by atoms with Gasteiger partial charge in [0.05, 0.1) is 22.2 Å². The normalized spacial score (nSPS) is 11.7. The summed E-state index contributed by atoms with van der Waals surface area (Å²) in [6.45, 7) is 2.95. The fourth-order valence-corrected chi connectivity index (χ4v) is 3.32. The van der Waals surface area contributed by atoms with E-state index in [2.05, 4.69) is 0 Å². The van der Waals surface area contributed by atoms with Gasteiger partial charge in [-0.25, -0.2) is 14.2 Å². The Morgan fingerprint density at radius 3 is 2.17 bits per heavy atom. The zero-order valence-corrected chi connectivity index (χ0v) is 15.9. The molecule has 0 radical (unpaired) electrons. The fraction of sp³-hybridized carbons (Fsp3) is 0.294. The number of hydrogen-bond donors (Lipinski definition) is 1. The van der Waals surface area contributed by atoms with Gasteiger partial charge in [-0.3, -0.25) is 9.36 Å². The Labute approximate surface area is 165 Å². The lowest BCUT2D eigenvalue weighted by atomic mass is 9.92. The third-order valence-corrected chi connectivity index (χ3v) is 4.55. The third kappa shape index (κ3) is 3.77. The Hall–Kier alpha value is -3.08. The molecule has 1 aromatic carbocycles. The minimum Gasteiger partial charge on any atom is -0.545 e. The summed E-state index contributed by atoms with van der Waals surface area (Å²) >= 11 is 6.00. The molecule has 0 saturated carbocycles. The maximum absolute atomic E-state index is 13.0. The van der Waals surface area contributed by atoms with Gasteiger partial charge < -0.3 is 15.0 Å². The molecule has 1 aromatic heterocycles. The number of aromatic carboxylic acids is 2. The highest BCUT2D eigenvalue weighted by molar-refractivity contribution is 6.35. The van der Waals surface area contributed by atoms with Crippen LogP contribution >= 0.6 is 11.6 Å². The molecule has 0 unspecified atom stereocenters.